The van der Waals surface area contributed by atoms with Gasteiger partial charge in [0.25, 0.3) is 0 Å². The SMILES string of the molecule is Cc1ccc(C(=O)Oc2ccc(C3C4=C(NC5C3C(=O)N(C)C(=O)N5C)c3ccccc3C4=O)cc2)cc1. The van der Waals surface area contributed by atoms with Gasteiger partial charge in [0.15, 0.2) is 5.78 Å². The Labute approximate surface area is 219 Å². The molecule has 1 aliphatic carbocycles. The summed E-state index contributed by atoms with van der Waals surface area (Å²) in [6.45, 7) is 1.94. The van der Waals surface area contributed by atoms with Gasteiger partial charge in [-0.05, 0) is 36.8 Å². The van der Waals surface area contributed by atoms with Gasteiger partial charge in [-0.25, -0.2) is 9.59 Å². The van der Waals surface area contributed by atoms with Gasteiger partial charge in [-0.1, -0.05) is 54.1 Å². The number of fused-ring (bicyclic) bond motifs is 3. The monoisotopic (exact) mass is 507 g/mol. The quantitative estimate of drug-likeness (QED) is 0.426. The Balaban J connectivity index is 1.40. The Morgan fingerprint density at radius 1 is 0.868 bits per heavy atom. The van der Waals surface area contributed by atoms with Gasteiger partial charge in [0.2, 0.25) is 5.91 Å². The third kappa shape index (κ3) is 3.52. The third-order valence-electron chi connectivity index (χ3n) is 7.62. The molecule has 0 bridgehead atoms. The Morgan fingerprint density at radius 2 is 1.53 bits per heavy atom. The van der Waals surface area contributed by atoms with Crippen molar-refractivity contribution < 1.29 is 23.9 Å². The van der Waals surface area contributed by atoms with E-state index >= 15 is 0 Å². The summed E-state index contributed by atoms with van der Waals surface area (Å²) in [5.74, 6) is -1.96. The maximum atomic E-state index is 13.6. The first kappa shape index (κ1) is 23.7. The molecule has 8 nitrogen and oxygen atoms in total. The first-order valence-corrected chi connectivity index (χ1v) is 12.3. The van der Waals surface area contributed by atoms with Crippen molar-refractivity contribution in [3.05, 3.63) is 106 Å². The molecule has 38 heavy (non-hydrogen) atoms. The first-order valence-electron chi connectivity index (χ1n) is 12.3. The molecule has 3 amide bonds. The topological polar surface area (TPSA) is 96.0 Å². The number of amides is 3. The summed E-state index contributed by atoms with van der Waals surface area (Å²) in [6, 6.07) is 20.9. The van der Waals surface area contributed by atoms with Crippen molar-refractivity contribution in [3.63, 3.8) is 0 Å². The van der Waals surface area contributed by atoms with Crippen LogP contribution < -0.4 is 10.1 Å². The minimum atomic E-state index is -0.722. The molecule has 2 aliphatic heterocycles. The van der Waals surface area contributed by atoms with Crippen molar-refractivity contribution in [3.8, 4) is 5.75 Å². The number of nitrogens with one attached hydrogen (secondary N) is 1. The van der Waals surface area contributed by atoms with E-state index < -0.39 is 30.0 Å². The van der Waals surface area contributed by atoms with Crippen LogP contribution in [-0.2, 0) is 4.79 Å². The second-order valence-electron chi connectivity index (χ2n) is 9.87. The van der Waals surface area contributed by atoms with Gasteiger partial charge in [0, 0.05) is 36.7 Å². The van der Waals surface area contributed by atoms with E-state index in [0.29, 0.717) is 28.1 Å². The molecule has 3 atom stereocenters. The summed E-state index contributed by atoms with van der Waals surface area (Å²) >= 11 is 0. The standard InChI is InChI=1S/C30H25N3O5/c1-16-8-10-18(11-9-16)29(36)38-19-14-12-17(13-15-19)22-23-25(20-6-4-5-7-21(20)26(23)34)31-27-24(22)28(35)33(3)30(37)32(27)2/h4-15,22,24,27,31H,1-3H3. The fourth-order valence-corrected chi connectivity index (χ4v) is 5.62. The molecule has 0 aromatic heterocycles. The zero-order chi connectivity index (χ0) is 26.7. The second kappa shape index (κ2) is 8.69. The lowest BCUT2D eigenvalue weighted by atomic mass is 9.73. The Morgan fingerprint density at radius 3 is 2.21 bits per heavy atom. The van der Waals surface area contributed by atoms with Crippen LogP contribution in [-0.4, -0.2) is 53.8 Å². The number of Topliss-reactive ketones (excluding diaryl/α,β-unsaturated/α-hetero) is 1. The number of ether oxygens (including phenoxy) is 1. The Hall–Kier alpha value is -4.72. The van der Waals surface area contributed by atoms with Gasteiger partial charge >= 0.3 is 12.0 Å². The highest BCUT2D eigenvalue weighted by Gasteiger charge is 2.54. The van der Waals surface area contributed by atoms with E-state index in [1.54, 1.807) is 49.5 Å². The average molecular weight is 508 g/mol. The molecule has 1 fully saturated rings. The molecule has 1 N–H and O–H groups in total. The molecule has 8 heteroatoms. The number of hydrogen-bond acceptors (Lipinski definition) is 6. The number of aryl methyl sites for hydroxylation is 1. The molecule has 3 unspecified atom stereocenters. The Kier molecular flexibility index (Phi) is 5.41. The molecule has 2 heterocycles. The molecule has 3 aliphatic rings. The largest absolute Gasteiger partial charge is 0.423 e. The maximum Gasteiger partial charge on any atom is 0.343 e. The molecule has 0 spiro atoms. The van der Waals surface area contributed by atoms with E-state index in [1.807, 2.05) is 37.3 Å². The van der Waals surface area contributed by atoms with E-state index in [-0.39, 0.29) is 11.7 Å². The lowest BCUT2D eigenvalue weighted by molar-refractivity contribution is -0.138. The number of benzene rings is 3. The maximum absolute atomic E-state index is 13.6. The van der Waals surface area contributed by atoms with Crippen molar-refractivity contribution in [2.24, 2.45) is 5.92 Å². The molecule has 0 saturated carbocycles. The van der Waals surface area contributed by atoms with Gasteiger partial charge in [0.1, 0.15) is 11.9 Å². The van der Waals surface area contributed by atoms with E-state index in [1.165, 1.54) is 11.9 Å². The predicted molar refractivity (Wildman–Crippen MR) is 139 cm³/mol. The van der Waals surface area contributed by atoms with Crippen molar-refractivity contribution in [2.45, 2.75) is 19.0 Å². The van der Waals surface area contributed by atoms with Gasteiger partial charge in [-0.2, -0.15) is 0 Å². The van der Waals surface area contributed by atoms with Crippen LogP contribution in [0.5, 0.6) is 5.75 Å². The molecule has 3 aromatic rings. The molecule has 6 rings (SSSR count). The summed E-state index contributed by atoms with van der Waals surface area (Å²) in [5, 5.41) is 3.34. The van der Waals surface area contributed by atoms with Gasteiger partial charge in [-0.15, -0.1) is 0 Å². The number of nitrogens with zero attached hydrogens (tertiary/aromatic N) is 2. The van der Waals surface area contributed by atoms with E-state index in [0.717, 1.165) is 21.6 Å². The first-order chi connectivity index (χ1) is 18.3. The predicted octanol–water partition coefficient (Wildman–Crippen LogP) is 3.97. The molecule has 190 valence electrons. The molecule has 0 radical (unpaired) electrons. The van der Waals surface area contributed by atoms with Crippen molar-refractivity contribution in [2.75, 3.05) is 14.1 Å². The van der Waals surface area contributed by atoms with Crippen molar-refractivity contribution in [1.29, 1.82) is 0 Å². The lowest BCUT2D eigenvalue weighted by Gasteiger charge is -2.48. The van der Waals surface area contributed by atoms with Crippen LogP contribution in [0.15, 0.2) is 78.4 Å². The highest BCUT2D eigenvalue weighted by molar-refractivity contribution is 6.22. The molecule has 1 saturated heterocycles. The summed E-state index contributed by atoms with van der Waals surface area (Å²) in [6.07, 6.45) is -0.632. The molecular weight excluding hydrogens is 482 g/mol. The minimum absolute atomic E-state index is 0.142. The van der Waals surface area contributed by atoms with Gasteiger partial charge in [0.05, 0.1) is 17.2 Å². The number of carbonyl (C=O) groups excluding carboxylic acids is 4. The van der Waals surface area contributed by atoms with Crippen LogP contribution in [0.1, 0.15) is 43.3 Å². The van der Waals surface area contributed by atoms with Crippen molar-refractivity contribution in [1.82, 2.24) is 15.1 Å². The van der Waals surface area contributed by atoms with Crippen LogP contribution in [0.2, 0.25) is 0 Å². The fourth-order valence-electron chi connectivity index (χ4n) is 5.62. The summed E-state index contributed by atoms with van der Waals surface area (Å²) in [7, 11) is 3.10. The van der Waals surface area contributed by atoms with E-state index in [2.05, 4.69) is 5.32 Å². The average Bonchev–Trinajstić information content (AvgIpc) is 3.22. The van der Waals surface area contributed by atoms with Crippen LogP contribution in [0.4, 0.5) is 4.79 Å². The highest BCUT2D eigenvalue weighted by atomic mass is 16.5. The summed E-state index contributed by atoms with van der Waals surface area (Å²) < 4.78 is 5.56. The highest BCUT2D eigenvalue weighted by Crippen LogP contribution is 2.49. The fraction of sp³-hybridized carbons (Fsp3) is 0.200. The lowest BCUT2D eigenvalue weighted by Crippen LogP contribution is -2.66. The molecular formula is C30H25N3O5. The van der Waals surface area contributed by atoms with Gasteiger partial charge in [-0.3, -0.25) is 14.5 Å². The van der Waals surface area contributed by atoms with E-state index in [9.17, 15) is 19.2 Å². The number of allylic oxidation sites excluding steroid dienone is 1. The zero-order valence-electron chi connectivity index (χ0n) is 21.1. The smallest absolute Gasteiger partial charge is 0.343 e. The summed E-state index contributed by atoms with van der Waals surface area (Å²) in [5.41, 5.74) is 4.66. The molecule has 3 aromatic carbocycles. The van der Waals surface area contributed by atoms with Crippen molar-refractivity contribution >= 4 is 29.4 Å². The van der Waals surface area contributed by atoms with E-state index in [4.69, 9.17) is 4.74 Å². The number of ketones is 1. The second-order valence-corrected chi connectivity index (χ2v) is 9.87. The van der Waals surface area contributed by atoms with Crippen LogP contribution in [0, 0.1) is 12.8 Å². The number of urea groups is 1. The van der Waals surface area contributed by atoms with Crippen LogP contribution in [0.25, 0.3) is 5.70 Å². The normalized spacial score (nSPS) is 22.1. The van der Waals surface area contributed by atoms with Gasteiger partial charge < -0.3 is 15.0 Å². The van der Waals surface area contributed by atoms with Crippen LogP contribution in [0.3, 0.4) is 0 Å². The van der Waals surface area contributed by atoms with Crippen LogP contribution >= 0.6 is 0 Å². The minimum Gasteiger partial charge on any atom is -0.423 e. The number of hydrogen-bond donors (Lipinski definition) is 1. The zero-order valence-corrected chi connectivity index (χ0v) is 21.1. The number of imide groups is 1. The third-order valence-corrected chi connectivity index (χ3v) is 7.62. The number of esters is 1. The summed E-state index contributed by atoms with van der Waals surface area (Å²) in [4.78, 5) is 55.1. The number of rotatable bonds is 3. The Bertz CT molecular complexity index is 1540. The number of carbonyl (C=O) groups is 4.